The van der Waals surface area contributed by atoms with Crippen LogP contribution in [0.4, 0.5) is 11.9 Å². The van der Waals surface area contributed by atoms with Gasteiger partial charge in [0.25, 0.3) is 0 Å². The SMILES string of the molecule is O=C1C=CC(=NNc2nnc(C=S)[nH]2)N=C1Br.O=C1C=CC(=NNc2nnc(C=S)[nH]2)N=C1Br.[CH3-].[CH3-].[Ni+2]. The number of nitrogens with one attached hydrogen (secondary N) is 4. The van der Waals surface area contributed by atoms with Gasteiger partial charge in [0.05, 0.1) is 0 Å². The van der Waals surface area contributed by atoms with Gasteiger partial charge in [-0.1, -0.05) is 24.4 Å². The molecule has 0 saturated carbocycles. The number of dihydropyridines is 2. The van der Waals surface area contributed by atoms with E-state index in [1.165, 1.54) is 35.0 Å². The van der Waals surface area contributed by atoms with Crippen molar-refractivity contribution in [1.82, 2.24) is 30.4 Å². The van der Waals surface area contributed by atoms with E-state index in [4.69, 9.17) is 0 Å². The third-order valence-corrected chi connectivity index (χ3v) is 4.97. The zero-order valence-corrected chi connectivity index (χ0v) is 24.5. The number of hydrogen-bond acceptors (Lipinski definition) is 12. The van der Waals surface area contributed by atoms with Gasteiger partial charge in [-0.05, 0) is 56.2 Å². The van der Waals surface area contributed by atoms with Gasteiger partial charge in [-0.3, -0.25) is 9.59 Å². The molecule has 14 nitrogen and oxygen atoms in total. The van der Waals surface area contributed by atoms with E-state index in [-0.39, 0.29) is 52.2 Å². The Morgan fingerprint density at radius 3 is 1.41 bits per heavy atom. The molecule has 0 radical (unpaired) electrons. The molecule has 0 fully saturated rings. The van der Waals surface area contributed by atoms with Crippen LogP contribution in [0.2, 0.25) is 0 Å². The number of halogens is 2. The smallest absolute Gasteiger partial charge is 0.358 e. The Morgan fingerprint density at radius 2 is 1.11 bits per heavy atom. The number of ketones is 2. The molecule has 0 spiro atoms. The number of aliphatic imine (C=N–C) groups is 2. The first-order valence-electron chi connectivity index (χ1n) is 8.74. The van der Waals surface area contributed by atoms with Crippen LogP contribution in [0.1, 0.15) is 11.6 Å². The van der Waals surface area contributed by atoms with Gasteiger partial charge in [0.1, 0.15) is 0 Å². The largest absolute Gasteiger partial charge is 2.00 e. The molecule has 2 aliphatic rings. The minimum absolute atomic E-state index is 0. The number of amidine groups is 2. The van der Waals surface area contributed by atoms with Crippen LogP contribution in [0.5, 0.6) is 0 Å². The van der Waals surface area contributed by atoms with Gasteiger partial charge < -0.3 is 24.8 Å². The first-order valence-corrected chi connectivity index (χ1v) is 11.3. The molecule has 2 aliphatic heterocycles. The van der Waals surface area contributed by atoms with Gasteiger partial charge in [0, 0.05) is 10.7 Å². The summed E-state index contributed by atoms with van der Waals surface area (Å²) in [6.07, 6.45) is 5.69. The number of nitrogens with zero attached hydrogens (tertiary/aromatic N) is 8. The third kappa shape index (κ3) is 10.5. The number of H-pyrrole nitrogens is 2. The molecular weight excluding hydrogens is 699 g/mol. The molecular formula is C18H16Br2N12NiO2S2. The number of hydrogen-bond donors (Lipinski definition) is 4. The van der Waals surface area contributed by atoms with Crippen molar-refractivity contribution in [3.05, 3.63) is 50.8 Å². The van der Waals surface area contributed by atoms with E-state index in [1.54, 1.807) is 0 Å². The van der Waals surface area contributed by atoms with Gasteiger partial charge in [0.2, 0.25) is 23.5 Å². The maximum absolute atomic E-state index is 11.1. The van der Waals surface area contributed by atoms with Crippen molar-refractivity contribution in [2.45, 2.75) is 0 Å². The molecule has 0 atom stereocenters. The molecule has 0 aromatic carbocycles. The maximum atomic E-state index is 11.1. The minimum atomic E-state index is -0.202. The molecule has 2 aromatic rings. The summed E-state index contributed by atoms with van der Waals surface area (Å²) >= 11 is 15.4. The second-order valence-corrected chi connectivity index (χ2v) is 7.69. The van der Waals surface area contributed by atoms with E-state index in [0.29, 0.717) is 35.2 Å². The quantitative estimate of drug-likeness (QED) is 0.150. The summed E-state index contributed by atoms with van der Waals surface area (Å²) in [5, 5.41) is 25.4. The Morgan fingerprint density at radius 1 is 0.730 bits per heavy atom. The predicted molar refractivity (Wildman–Crippen MR) is 154 cm³/mol. The van der Waals surface area contributed by atoms with Crippen LogP contribution in [0.3, 0.4) is 0 Å². The number of aromatic amines is 2. The van der Waals surface area contributed by atoms with E-state index in [0.717, 1.165) is 0 Å². The molecule has 0 aliphatic carbocycles. The van der Waals surface area contributed by atoms with E-state index in [2.05, 4.69) is 118 Å². The molecule has 2 aromatic heterocycles. The van der Waals surface area contributed by atoms with Crippen molar-refractivity contribution in [3.63, 3.8) is 0 Å². The summed E-state index contributed by atoms with van der Waals surface area (Å²) in [4.78, 5) is 35.5. The number of carbonyl (C=O) groups excluding carboxylic acids is 2. The molecule has 0 bridgehead atoms. The average molecular weight is 715 g/mol. The molecule has 0 amide bonds. The molecule has 0 unspecified atom stereocenters. The molecule has 196 valence electrons. The Balaban J connectivity index is 0.000000648. The number of anilines is 2. The summed E-state index contributed by atoms with van der Waals surface area (Å²) in [5.74, 6) is 1.88. The predicted octanol–water partition coefficient (Wildman–Crippen LogP) is 2.52. The summed E-state index contributed by atoms with van der Waals surface area (Å²) < 4.78 is 0.412. The van der Waals surface area contributed by atoms with E-state index in [1.807, 2.05) is 0 Å². The van der Waals surface area contributed by atoms with E-state index < -0.39 is 0 Å². The van der Waals surface area contributed by atoms with Crippen molar-refractivity contribution in [1.29, 1.82) is 0 Å². The maximum Gasteiger partial charge on any atom is 2.00 e. The van der Waals surface area contributed by atoms with Crippen LogP contribution in [0, 0.1) is 14.9 Å². The minimum Gasteiger partial charge on any atom is -0.358 e. The molecule has 4 rings (SSSR count). The monoisotopic (exact) mass is 712 g/mol. The Bertz CT molecular complexity index is 1230. The van der Waals surface area contributed by atoms with Crippen molar-refractivity contribution < 1.29 is 26.1 Å². The van der Waals surface area contributed by atoms with Gasteiger partial charge in [-0.25, -0.2) is 20.8 Å². The second kappa shape index (κ2) is 16.7. The fraction of sp³-hybridized carbons (Fsp3) is 0. The number of carbonyl (C=O) groups is 2. The fourth-order valence-corrected chi connectivity index (χ4v) is 2.77. The number of rotatable bonds is 6. The molecule has 37 heavy (non-hydrogen) atoms. The number of hydrazone groups is 2. The zero-order chi connectivity index (χ0) is 24.5. The molecule has 4 N–H and O–H groups in total. The van der Waals surface area contributed by atoms with Gasteiger partial charge in [-0.2, -0.15) is 10.2 Å². The van der Waals surface area contributed by atoms with Crippen LogP contribution in [0.15, 0.2) is 44.5 Å². The number of thiocarbonyl (C=S) groups is 2. The topological polar surface area (TPSA) is 191 Å². The van der Waals surface area contributed by atoms with Gasteiger partial charge >= 0.3 is 16.5 Å². The van der Waals surface area contributed by atoms with E-state index in [9.17, 15) is 9.59 Å². The third-order valence-electron chi connectivity index (χ3n) is 3.38. The molecule has 4 heterocycles. The van der Waals surface area contributed by atoms with E-state index >= 15 is 0 Å². The van der Waals surface area contributed by atoms with Crippen LogP contribution in [0.25, 0.3) is 0 Å². The summed E-state index contributed by atoms with van der Waals surface area (Å²) in [6.45, 7) is 0. The van der Waals surface area contributed by atoms with Crippen molar-refractivity contribution in [2.24, 2.45) is 20.2 Å². The van der Waals surface area contributed by atoms with Crippen molar-refractivity contribution >= 4 is 111 Å². The van der Waals surface area contributed by atoms with Crippen LogP contribution >= 0.6 is 56.3 Å². The normalized spacial score (nSPS) is 15.7. The number of allylic oxidation sites excluding steroid dienone is 2. The first kappa shape index (κ1) is 34.0. The van der Waals surface area contributed by atoms with Crippen LogP contribution < -0.4 is 10.9 Å². The standard InChI is InChI=1S/2C8H5BrN6OS.2CH3.Ni/c2*9-7-4(16)1-2-5(10-7)12-14-8-11-6(3-17)13-15-8;;;/h2*1-3H,(H2,11,13,14,15);2*1H3;/q;;2*-1;+2. The molecule has 0 saturated heterocycles. The van der Waals surface area contributed by atoms with Crippen molar-refractivity contribution in [3.8, 4) is 0 Å². The van der Waals surface area contributed by atoms with Crippen molar-refractivity contribution in [2.75, 3.05) is 10.9 Å². The fourth-order valence-electron chi connectivity index (χ4n) is 1.93. The summed E-state index contributed by atoms with van der Waals surface area (Å²) in [5.41, 5.74) is 5.21. The molecule has 19 heteroatoms. The average Bonchev–Trinajstić information content (AvgIpc) is 3.50. The number of aromatic nitrogens is 6. The Kier molecular flexibility index (Phi) is 15.4. The summed E-state index contributed by atoms with van der Waals surface area (Å²) in [7, 11) is 0. The van der Waals surface area contributed by atoms with Crippen LogP contribution in [-0.4, -0.2) is 73.6 Å². The first-order chi connectivity index (χ1) is 16.4. The summed E-state index contributed by atoms with van der Waals surface area (Å²) in [6, 6.07) is 0. The van der Waals surface area contributed by atoms with Gasteiger partial charge in [0.15, 0.2) is 32.6 Å². The Hall–Kier alpha value is -2.99. The van der Waals surface area contributed by atoms with Crippen LogP contribution in [-0.2, 0) is 26.1 Å². The zero-order valence-electron chi connectivity index (χ0n) is 18.7. The Labute approximate surface area is 248 Å². The van der Waals surface area contributed by atoms with Gasteiger partial charge in [-0.15, -0.1) is 20.4 Å². The second-order valence-electron chi connectivity index (χ2n) is 5.72.